The number of Topliss-reactive ketones (excluding diaryl/α,β-unsaturated/α-hetero) is 1. The molecule has 21 heavy (non-hydrogen) atoms. The van der Waals surface area contributed by atoms with Gasteiger partial charge in [-0.25, -0.2) is 4.98 Å². The van der Waals surface area contributed by atoms with Gasteiger partial charge in [0.2, 0.25) is 0 Å². The number of aromatic nitrogens is 1. The van der Waals surface area contributed by atoms with Crippen molar-refractivity contribution in [2.45, 2.75) is 19.0 Å². The minimum atomic E-state index is -4.36. The van der Waals surface area contributed by atoms with Crippen molar-refractivity contribution in [3.8, 4) is 0 Å². The van der Waals surface area contributed by atoms with Crippen LogP contribution in [0.2, 0.25) is 5.15 Å². The second-order valence-corrected chi connectivity index (χ2v) is 4.96. The van der Waals surface area contributed by atoms with Gasteiger partial charge < -0.3 is 0 Å². The van der Waals surface area contributed by atoms with Gasteiger partial charge in [-0.15, -0.1) is 0 Å². The van der Waals surface area contributed by atoms with Crippen LogP contribution in [0, 0.1) is 0 Å². The highest BCUT2D eigenvalue weighted by molar-refractivity contribution is 6.29. The molecule has 0 saturated heterocycles. The van der Waals surface area contributed by atoms with Gasteiger partial charge in [-0.3, -0.25) is 4.79 Å². The summed E-state index contributed by atoms with van der Waals surface area (Å²) in [5, 5.41) is 0.342. The predicted molar refractivity (Wildman–Crippen MR) is 73.1 cm³/mol. The van der Waals surface area contributed by atoms with Crippen LogP contribution >= 0.6 is 11.6 Å². The molecule has 0 saturated carbocycles. The average Bonchev–Trinajstić information content (AvgIpc) is 2.41. The van der Waals surface area contributed by atoms with Crippen molar-refractivity contribution in [1.82, 2.24) is 4.98 Å². The average molecular weight is 314 g/mol. The van der Waals surface area contributed by atoms with E-state index in [4.69, 9.17) is 11.6 Å². The molecular formula is C15H11ClF3NO. The fourth-order valence-electron chi connectivity index (χ4n) is 1.84. The molecule has 6 heteroatoms. The van der Waals surface area contributed by atoms with E-state index in [0.29, 0.717) is 10.7 Å². The van der Waals surface area contributed by atoms with Crippen molar-refractivity contribution < 1.29 is 18.0 Å². The molecule has 0 bridgehead atoms. The first-order valence-corrected chi connectivity index (χ1v) is 6.50. The number of nitrogens with zero attached hydrogens (tertiary/aromatic N) is 1. The summed E-state index contributed by atoms with van der Waals surface area (Å²) in [5.74, 6) is -0.0983. The van der Waals surface area contributed by atoms with Crippen molar-refractivity contribution in [2.24, 2.45) is 0 Å². The van der Waals surface area contributed by atoms with Gasteiger partial charge in [-0.05, 0) is 29.3 Å². The molecule has 0 unspecified atom stereocenters. The first-order chi connectivity index (χ1) is 9.84. The SMILES string of the molecule is O=C(Cc1ccc(C(F)(F)F)cc1)Cc1ccc(Cl)nc1. The minimum Gasteiger partial charge on any atom is -0.299 e. The Kier molecular flexibility index (Phi) is 4.63. The van der Waals surface area contributed by atoms with E-state index in [0.717, 1.165) is 17.7 Å². The summed E-state index contributed by atoms with van der Waals surface area (Å²) in [6.07, 6.45) is -2.60. The van der Waals surface area contributed by atoms with Crippen LogP contribution in [0.25, 0.3) is 0 Å². The Morgan fingerprint density at radius 2 is 1.57 bits per heavy atom. The number of rotatable bonds is 4. The Morgan fingerprint density at radius 3 is 2.10 bits per heavy atom. The normalized spacial score (nSPS) is 11.4. The number of halogens is 4. The Balaban J connectivity index is 1.98. The Bertz CT molecular complexity index is 621. The molecule has 1 heterocycles. The maximum Gasteiger partial charge on any atom is 0.416 e. The van der Waals surface area contributed by atoms with Crippen LogP contribution in [0.15, 0.2) is 42.6 Å². The van der Waals surface area contributed by atoms with Gasteiger partial charge in [-0.2, -0.15) is 13.2 Å². The number of hydrogen-bond acceptors (Lipinski definition) is 2. The summed E-state index contributed by atoms with van der Waals surface area (Å²) in [7, 11) is 0. The first-order valence-electron chi connectivity index (χ1n) is 6.13. The van der Waals surface area contributed by atoms with E-state index in [-0.39, 0.29) is 18.6 Å². The van der Waals surface area contributed by atoms with E-state index in [1.54, 1.807) is 12.1 Å². The molecule has 0 atom stereocenters. The number of alkyl halides is 3. The van der Waals surface area contributed by atoms with E-state index in [1.807, 2.05) is 0 Å². The fourth-order valence-corrected chi connectivity index (χ4v) is 1.95. The van der Waals surface area contributed by atoms with Crippen LogP contribution in [0.1, 0.15) is 16.7 Å². The molecule has 0 aliphatic carbocycles. The summed E-state index contributed by atoms with van der Waals surface area (Å²) >= 11 is 5.64. The quantitative estimate of drug-likeness (QED) is 0.795. The van der Waals surface area contributed by atoms with E-state index >= 15 is 0 Å². The van der Waals surface area contributed by atoms with Crippen molar-refractivity contribution in [3.05, 3.63) is 64.4 Å². The predicted octanol–water partition coefficient (Wildman–Crippen LogP) is 4.11. The highest BCUT2D eigenvalue weighted by Crippen LogP contribution is 2.29. The lowest BCUT2D eigenvalue weighted by molar-refractivity contribution is -0.137. The summed E-state index contributed by atoms with van der Waals surface area (Å²) in [6, 6.07) is 7.88. The van der Waals surface area contributed by atoms with Crippen LogP contribution < -0.4 is 0 Å². The van der Waals surface area contributed by atoms with Crippen LogP contribution in [0.3, 0.4) is 0 Å². The molecular weight excluding hydrogens is 303 g/mol. The third-order valence-corrected chi connectivity index (χ3v) is 3.10. The number of carbonyl (C=O) groups is 1. The zero-order valence-corrected chi connectivity index (χ0v) is 11.6. The highest BCUT2D eigenvalue weighted by Gasteiger charge is 2.29. The number of ketones is 1. The maximum atomic E-state index is 12.4. The third-order valence-electron chi connectivity index (χ3n) is 2.87. The van der Waals surface area contributed by atoms with Gasteiger partial charge in [0.25, 0.3) is 0 Å². The lowest BCUT2D eigenvalue weighted by Crippen LogP contribution is -2.08. The molecule has 1 aromatic heterocycles. The molecule has 0 spiro atoms. The van der Waals surface area contributed by atoms with Crippen LogP contribution in [-0.2, 0) is 23.8 Å². The number of pyridine rings is 1. The molecule has 0 amide bonds. The van der Waals surface area contributed by atoms with Gasteiger partial charge in [0, 0.05) is 19.0 Å². The highest BCUT2D eigenvalue weighted by atomic mass is 35.5. The molecule has 0 aliphatic rings. The van der Waals surface area contributed by atoms with Crippen LogP contribution in [-0.4, -0.2) is 10.8 Å². The second-order valence-electron chi connectivity index (χ2n) is 4.58. The van der Waals surface area contributed by atoms with Crippen molar-refractivity contribution in [2.75, 3.05) is 0 Å². The van der Waals surface area contributed by atoms with Crippen LogP contribution in [0.5, 0.6) is 0 Å². The van der Waals surface area contributed by atoms with Crippen LogP contribution in [0.4, 0.5) is 13.2 Å². The van der Waals surface area contributed by atoms with Crippen molar-refractivity contribution >= 4 is 17.4 Å². The topological polar surface area (TPSA) is 30.0 Å². The zero-order chi connectivity index (χ0) is 15.5. The Hall–Kier alpha value is -1.88. The fraction of sp³-hybridized carbons (Fsp3) is 0.200. The minimum absolute atomic E-state index is 0.0841. The van der Waals surface area contributed by atoms with Crippen molar-refractivity contribution in [1.29, 1.82) is 0 Å². The molecule has 2 rings (SSSR count). The molecule has 2 aromatic rings. The molecule has 1 aromatic carbocycles. The maximum absolute atomic E-state index is 12.4. The summed E-state index contributed by atoms with van der Waals surface area (Å²) in [5.41, 5.74) is 0.548. The largest absolute Gasteiger partial charge is 0.416 e. The van der Waals surface area contributed by atoms with E-state index in [2.05, 4.69) is 4.98 Å². The monoisotopic (exact) mass is 313 g/mol. The molecule has 110 valence electrons. The van der Waals surface area contributed by atoms with E-state index in [9.17, 15) is 18.0 Å². The van der Waals surface area contributed by atoms with Gasteiger partial charge in [0.1, 0.15) is 10.9 Å². The number of benzene rings is 1. The van der Waals surface area contributed by atoms with Gasteiger partial charge in [0.15, 0.2) is 0 Å². The smallest absolute Gasteiger partial charge is 0.299 e. The molecule has 0 aliphatic heterocycles. The third kappa shape index (κ3) is 4.56. The van der Waals surface area contributed by atoms with Crippen molar-refractivity contribution in [3.63, 3.8) is 0 Å². The Labute approximate surface area is 124 Å². The molecule has 2 nitrogen and oxygen atoms in total. The van der Waals surface area contributed by atoms with Gasteiger partial charge >= 0.3 is 6.18 Å². The molecule has 0 N–H and O–H groups in total. The van der Waals surface area contributed by atoms with Gasteiger partial charge in [0.05, 0.1) is 5.56 Å². The Morgan fingerprint density at radius 1 is 1.00 bits per heavy atom. The van der Waals surface area contributed by atoms with Gasteiger partial charge in [-0.1, -0.05) is 29.8 Å². The standard InChI is InChI=1S/C15H11ClF3NO/c16-14-6-3-11(9-20-14)8-13(21)7-10-1-4-12(5-2-10)15(17,18)19/h1-6,9H,7-8H2. The zero-order valence-electron chi connectivity index (χ0n) is 10.8. The summed E-state index contributed by atoms with van der Waals surface area (Å²) in [4.78, 5) is 15.7. The number of carbonyl (C=O) groups excluding carboxylic acids is 1. The lowest BCUT2D eigenvalue weighted by atomic mass is 10.0. The first kappa shape index (κ1) is 15.5. The molecule has 0 radical (unpaired) electrons. The summed E-state index contributed by atoms with van der Waals surface area (Å²) in [6.45, 7) is 0. The molecule has 0 fully saturated rings. The lowest BCUT2D eigenvalue weighted by Gasteiger charge is -2.07. The summed E-state index contributed by atoms with van der Waals surface area (Å²) < 4.78 is 37.3. The van der Waals surface area contributed by atoms with E-state index < -0.39 is 11.7 Å². The second kappa shape index (κ2) is 6.26. The van der Waals surface area contributed by atoms with E-state index in [1.165, 1.54) is 18.3 Å². The number of hydrogen-bond donors (Lipinski definition) is 0.